The number of nitrogens with zero attached hydrogens (tertiary/aromatic N) is 3. The van der Waals surface area contributed by atoms with Gasteiger partial charge in [-0.1, -0.05) is 11.6 Å². The minimum atomic E-state index is -0.191. The van der Waals surface area contributed by atoms with E-state index in [4.69, 9.17) is 11.6 Å². The predicted molar refractivity (Wildman–Crippen MR) is 81.9 cm³/mol. The third kappa shape index (κ3) is 2.60. The maximum Gasteiger partial charge on any atom is 0.255 e. The molecular formula is C15H13ClN4O. The van der Waals surface area contributed by atoms with Crippen LogP contribution in [0.3, 0.4) is 0 Å². The van der Waals surface area contributed by atoms with Gasteiger partial charge in [0.15, 0.2) is 5.65 Å². The maximum atomic E-state index is 12.3. The van der Waals surface area contributed by atoms with Crippen LogP contribution in [0.5, 0.6) is 0 Å². The van der Waals surface area contributed by atoms with Crippen molar-refractivity contribution in [1.29, 1.82) is 0 Å². The summed E-state index contributed by atoms with van der Waals surface area (Å²) in [6, 6.07) is 8.79. The Morgan fingerprint density at radius 3 is 2.76 bits per heavy atom. The Labute approximate surface area is 126 Å². The van der Waals surface area contributed by atoms with E-state index in [0.717, 1.165) is 17.1 Å². The molecule has 2 heterocycles. The van der Waals surface area contributed by atoms with Crippen molar-refractivity contribution in [3.63, 3.8) is 0 Å². The zero-order valence-corrected chi connectivity index (χ0v) is 12.3. The van der Waals surface area contributed by atoms with Crippen LogP contribution in [0.25, 0.3) is 5.65 Å². The number of hydrogen-bond acceptors (Lipinski definition) is 3. The van der Waals surface area contributed by atoms with Gasteiger partial charge in [-0.2, -0.15) is 0 Å². The lowest BCUT2D eigenvalue weighted by Gasteiger charge is -2.09. The Balaban J connectivity index is 1.89. The lowest BCUT2D eigenvalue weighted by atomic mass is 10.2. The quantitative estimate of drug-likeness (QED) is 0.790. The molecule has 0 atom stereocenters. The van der Waals surface area contributed by atoms with Gasteiger partial charge in [-0.05, 0) is 49.7 Å². The molecule has 1 N–H and O–H groups in total. The highest BCUT2D eigenvalue weighted by atomic mass is 35.5. The number of aryl methyl sites for hydroxylation is 2. The predicted octanol–water partition coefficient (Wildman–Crippen LogP) is 3.25. The summed E-state index contributed by atoms with van der Waals surface area (Å²) in [5.41, 5.74) is 2.83. The maximum absolute atomic E-state index is 12.3. The van der Waals surface area contributed by atoms with Gasteiger partial charge in [0.25, 0.3) is 5.91 Å². The van der Waals surface area contributed by atoms with E-state index in [0.29, 0.717) is 16.2 Å². The van der Waals surface area contributed by atoms with Gasteiger partial charge in [0.2, 0.25) is 0 Å². The Bertz CT molecular complexity index is 841. The SMILES string of the molecule is Cc1cc(Cl)ccc1NC(=O)c1ccn2c(C)nnc2c1. The van der Waals surface area contributed by atoms with Crippen LogP contribution in [0.1, 0.15) is 21.7 Å². The molecule has 0 radical (unpaired) electrons. The van der Waals surface area contributed by atoms with Gasteiger partial charge >= 0.3 is 0 Å². The van der Waals surface area contributed by atoms with E-state index in [1.165, 1.54) is 0 Å². The molecule has 2 aromatic heterocycles. The lowest BCUT2D eigenvalue weighted by Crippen LogP contribution is -2.13. The highest BCUT2D eigenvalue weighted by molar-refractivity contribution is 6.30. The minimum Gasteiger partial charge on any atom is -0.322 e. The smallest absolute Gasteiger partial charge is 0.255 e. The van der Waals surface area contributed by atoms with Gasteiger partial charge in [0, 0.05) is 22.5 Å². The van der Waals surface area contributed by atoms with E-state index in [-0.39, 0.29) is 5.91 Å². The van der Waals surface area contributed by atoms with Crippen molar-refractivity contribution in [1.82, 2.24) is 14.6 Å². The van der Waals surface area contributed by atoms with Crippen LogP contribution in [-0.2, 0) is 0 Å². The number of amides is 1. The molecule has 6 heteroatoms. The second kappa shape index (κ2) is 5.18. The molecule has 1 amide bonds. The first kappa shape index (κ1) is 13.6. The largest absolute Gasteiger partial charge is 0.322 e. The Kier molecular flexibility index (Phi) is 3.35. The Hall–Kier alpha value is -2.40. The van der Waals surface area contributed by atoms with Crippen LogP contribution in [0.2, 0.25) is 5.02 Å². The third-order valence-corrected chi connectivity index (χ3v) is 3.51. The summed E-state index contributed by atoms with van der Waals surface area (Å²) in [5, 5.41) is 11.5. The van der Waals surface area contributed by atoms with Crippen molar-refractivity contribution in [2.45, 2.75) is 13.8 Å². The van der Waals surface area contributed by atoms with E-state index in [9.17, 15) is 4.79 Å². The second-order valence-corrected chi connectivity index (χ2v) is 5.24. The summed E-state index contributed by atoms with van der Waals surface area (Å²) in [7, 11) is 0. The Morgan fingerprint density at radius 1 is 1.19 bits per heavy atom. The molecule has 1 aromatic carbocycles. The molecule has 5 nitrogen and oxygen atoms in total. The third-order valence-electron chi connectivity index (χ3n) is 3.28. The number of pyridine rings is 1. The number of anilines is 1. The summed E-state index contributed by atoms with van der Waals surface area (Å²) in [5.74, 6) is 0.592. The Morgan fingerprint density at radius 2 is 2.00 bits per heavy atom. The summed E-state index contributed by atoms with van der Waals surface area (Å²) in [6.45, 7) is 3.75. The molecule has 0 saturated heterocycles. The van der Waals surface area contributed by atoms with E-state index in [1.807, 2.05) is 24.3 Å². The summed E-state index contributed by atoms with van der Waals surface area (Å²) >= 11 is 5.91. The highest BCUT2D eigenvalue weighted by Gasteiger charge is 2.10. The molecular weight excluding hydrogens is 288 g/mol. The lowest BCUT2D eigenvalue weighted by molar-refractivity contribution is 0.102. The number of carbonyl (C=O) groups excluding carboxylic acids is 1. The number of halogens is 1. The fourth-order valence-electron chi connectivity index (χ4n) is 2.11. The van der Waals surface area contributed by atoms with E-state index in [2.05, 4.69) is 15.5 Å². The first-order valence-corrected chi connectivity index (χ1v) is 6.81. The van der Waals surface area contributed by atoms with Gasteiger partial charge in [-0.15, -0.1) is 10.2 Å². The van der Waals surface area contributed by atoms with Crippen LogP contribution < -0.4 is 5.32 Å². The van der Waals surface area contributed by atoms with Gasteiger partial charge in [-0.3, -0.25) is 9.20 Å². The van der Waals surface area contributed by atoms with Crippen molar-refractivity contribution in [3.05, 3.63) is 58.5 Å². The van der Waals surface area contributed by atoms with Crippen molar-refractivity contribution in [2.24, 2.45) is 0 Å². The number of carbonyl (C=O) groups is 1. The van der Waals surface area contributed by atoms with E-state index >= 15 is 0 Å². The molecule has 0 spiro atoms. The fourth-order valence-corrected chi connectivity index (χ4v) is 2.34. The van der Waals surface area contributed by atoms with Gasteiger partial charge < -0.3 is 5.32 Å². The number of rotatable bonds is 2. The average molecular weight is 301 g/mol. The van der Waals surface area contributed by atoms with Gasteiger partial charge in [0.05, 0.1) is 0 Å². The summed E-state index contributed by atoms with van der Waals surface area (Å²) < 4.78 is 1.82. The summed E-state index contributed by atoms with van der Waals surface area (Å²) in [4.78, 5) is 12.3. The first-order valence-electron chi connectivity index (χ1n) is 6.43. The molecule has 0 aliphatic rings. The van der Waals surface area contributed by atoms with Crippen LogP contribution in [0.15, 0.2) is 36.5 Å². The number of benzene rings is 1. The standard InChI is InChI=1S/C15H13ClN4O/c1-9-7-12(16)3-4-13(9)17-15(21)11-5-6-20-10(2)18-19-14(20)8-11/h3-8H,1-2H3,(H,17,21). The van der Waals surface area contributed by atoms with Crippen LogP contribution in [0, 0.1) is 13.8 Å². The topological polar surface area (TPSA) is 59.3 Å². The molecule has 106 valence electrons. The van der Waals surface area contributed by atoms with Crippen LogP contribution >= 0.6 is 11.6 Å². The molecule has 21 heavy (non-hydrogen) atoms. The monoisotopic (exact) mass is 300 g/mol. The van der Waals surface area contributed by atoms with E-state index < -0.39 is 0 Å². The molecule has 0 fully saturated rings. The molecule has 0 aliphatic carbocycles. The highest BCUT2D eigenvalue weighted by Crippen LogP contribution is 2.20. The minimum absolute atomic E-state index is 0.191. The van der Waals surface area contributed by atoms with Crippen molar-refractivity contribution in [2.75, 3.05) is 5.32 Å². The van der Waals surface area contributed by atoms with Crippen molar-refractivity contribution < 1.29 is 4.79 Å². The number of nitrogens with one attached hydrogen (secondary N) is 1. The van der Waals surface area contributed by atoms with Crippen molar-refractivity contribution in [3.8, 4) is 0 Å². The van der Waals surface area contributed by atoms with Crippen molar-refractivity contribution >= 4 is 28.8 Å². The van der Waals surface area contributed by atoms with Gasteiger partial charge in [0.1, 0.15) is 5.82 Å². The number of fused-ring (bicyclic) bond motifs is 1. The molecule has 0 aliphatic heterocycles. The fraction of sp³-hybridized carbons (Fsp3) is 0.133. The molecule has 3 aromatic rings. The first-order chi connectivity index (χ1) is 10.0. The zero-order chi connectivity index (χ0) is 15.0. The van der Waals surface area contributed by atoms with Crippen LogP contribution in [0.4, 0.5) is 5.69 Å². The number of hydrogen-bond donors (Lipinski definition) is 1. The summed E-state index contributed by atoms with van der Waals surface area (Å²) in [6.07, 6.45) is 1.79. The zero-order valence-electron chi connectivity index (χ0n) is 11.6. The van der Waals surface area contributed by atoms with E-state index in [1.54, 1.807) is 30.5 Å². The number of aromatic nitrogens is 3. The van der Waals surface area contributed by atoms with Gasteiger partial charge in [-0.25, -0.2) is 0 Å². The van der Waals surface area contributed by atoms with Crippen LogP contribution in [-0.4, -0.2) is 20.5 Å². The average Bonchev–Trinajstić information content (AvgIpc) is 2.83. The molecule has 0 unspecified atom stereocenters. The molecule has 0 saturated carbocycles. The molecule has 3 rings (SSSR count). The normalized spacial score (nSPS) is 10.8. The molecule has 0 bridgehead atoms. The second-order valence-electron chi connectivity index (χ2n) is 4.80.